The molecule has 1 saturated heterocycles. The van der Waals surface area contributed by atoms with E-state index in [-0.39, 0.29) is 30.7 Å². The number of rotatable bonds is 4. The van der Waals surface area contributed by atoms with Crippen molar-refractivity contribution in [2.75, 3.05) is 19.7 Å². The molecule has 1 aliphatic heterocycles. The number of nitrogens with zero attached hydrogens (tertiary/aromatic N) is 4. The number of nitro groups is 1. The van der Waals surface area contributed by atoms with Gasteiger partial charge in [-0.2, -0.15) is 5.10 Å². The number of aliphatic hydroxyl groups excluding tert-OH is 1. The summed E-state index contributed by atoms with van der Waals surface area (Å²) < 4.78 is 1.40. The molecule has 116 valence electrons. The molecular formula is C13H20N4O4. The zero-order valence-electron chi connectivity index (χ0n) is 12.3. The van der Waals surface area contributed by atoms with Gasteiger partial charge < -0.3 is 10.0 Å². The number of carbonyl (C=O) groups excluding carboxylic acids is 1. The van der Waals surface area contributed by atoms with Crippen molar-refractivity contribution in [2.45, 2.75) is 33.2 Å². The molecule has 1 fully saturated rings. The molecule has 1 aromatic heterocycles. The summed E-state index contributed by atoms with van der Waals surface area (Å²) in [6.45, 7) is 4.58. The molecule has 8 nitrogen and oxygen atoms in total. The fraction of sp³-hybridized carbons (Fsp3) is 0.692. The van der Waals surface area contributed by atoms with Crippen molar-refractivity contribution < 1.29 is 14.8 Å². The maximum absolute atomic E-state index is 12.2. The molecule has 0 aromatic carbocycles. The Labute approximate surface area is 122 Å². The van der Waals surface area contributed by atoms with Crippen molar-refractivity contribution >= 4 is 11.6 Å². The van der Waals surface area contributed by atoms with E-state index in [0.29, 0.717) is 24.5 Å². The highest BCUT2D eigenvalue weighted by Crippen LogP contribution is 2.22. The number of likely N-dealkylation sites (tertiary alicyclic amines) is 1. The average molecular weight is 296 g/mol. The van der Waals surface area contributed by atoms with Crippen LogP contribution in [0.3, 0.4) is 0 Å². The Morgan fingerprint density at radius 3 is 2.52 bits per heavy atom. The Balaban J connectivity index is 2.04. The molecule has 2 heterocycles. The number of carbonyl (C=O) groups is 1. The van der Waals surface area contributed by atoms with Crippen LogP contribution in [0.1, 0.15) is 24.2 Å². The molecule has 8 heteroatoms. The first kappa shape index (κ1) is 15.4. The highest BCUT2D eigenvalue weighted by atomic mass is 16.6. The van der Waals surface area contributed by atoms with E-state index in [4.69, 9.17) is 5.11 Å². The van der Waals surface area contributed by atoms with Gasteiger partial charge in [-0.3, -0.25) is 19.6 Å². The van der Waals surface area contributed by atoms with Crippen LogP contribution in [0.15, 0.2) is 0 Å². The molecular weight excluding hydrogens is 276 g/mol. The van der Waals surface area contributed by atoms with Crippen LogP contribution in [0.4, 0.5) is 5.69 Å². The van der Waals surface area contributed by atoms with Gasteiger partial charge in [0.15, 0.2) is 0 Å². The third-order valence-electron chi connectivity index (χ3n) is 4.04. The molecule has 0 spiro atoms. The number of aromatic nitrogens is 2. The van der Waals surface area contributed by atoms with E-state index >= 15 is 0 Å². The fourth-order valence-corrected chi connectivity index (χ4v) is 2.70. The van der Waals surface area contributed by atoms with E-state index in [9.17, 15) is 14.9 Å². The van der Waals surface area contributed by atoms with Gasteiger partial charge in [0.1, 0.15) is 17.9 Å². The molecule has 0 radical (unpaired) electrons. The molecule has 1 N–H and O–H groups in total. The first-order valence-electron chi connectivity index (χ1n) is 7.01. The SMILES string of the molecule is Cc1nn(CC(=O)N2CCC(CO)CC2)c(C)c1[N+](=O)[O-]. The average Bonchev–Trinajstić information content (AvgIpc) is 2.73. The number of amides is 1. The molecule has 0 bridgehead atoms. The van der Waals surface area contributed by atoms with Crippen molar-refractivity contribution in [2.24, 2.45) is 5.92 Å². The van der Waals surface area contributed by atoms with Gasteiger partial charge in [-0.15, -0.1) is 0 Å². The van der Waals surface area contributed by atoms with Gasteiger partial charge in [0.25, 0.3) is 0 Å². The molecule has 0 unspecified atom stereocenters. The Bertz CT molecular complexity index is 547. The summed E-state index contributed by atoms with van der Waals surface area (Å²) in [6, 6.07) is 0. The minimum absolute atomic E-state index is 0.0182. The van der Waals surface area contributed by atoms with E-state index in [0.717, 1.165) is 12.8 Å². The number of aryl methyl sites for hydroxylation is 1. The van der Waals surface area contributed by atoms with Gasteiger partial charge in [0.2, 0.25) is 5.91 Å². The second kappa shape index (κ2) is 6.21. The van der Waals surface area contributed by atoms with E-state index in [1.165, 1.54) is 4.68 Å². The van der Waals surface area contributed by atoms with Crippen molar-refractivity contribution in [3.05, 3.63) is 21.5 Å². The predicted molar refractivity (Wildman–Crippen MR) is 74.7 cm³/mol. The highest BCUT2D eigenvalue weighted by Gasteiger charge is 2.26. The Morgan fingerprint density at radius 1 is 1.43 bits per heavy atom. The monoisotopic (exact) mass is 296 g/mol. The summed E-state index contributed by atoms with van der Waals surface area (Å²) in [7, 11) is 0. The van der Waals surface area contributed by atoms with E-state index < -0.39 is 4.92 Å². The molecule has 1 aromatic rings. The van der Waals surface area contributed by atoms with Crippen molar-refractivity contribution in [1.82, 2.24) is 14.7 Å². The molecule has 2 rings (SSSR count). The van der Waals surface area contributed by atoms with Gasteiger partial charge in [-0.25, -0.2) is 0 Å². The zero-order chi connectivity index (χ0) is 15.6. The molecule has 0 aliphatic carbocycles. The summed E-state index contributed by atoms with van der Waals surface area (Å²) in [5, 5.41) is 24.1. The van der Waals surface area contributed by atoms with Crippen LogP contribution in [0.5, 0.6) is 0 Å². The van der Waals surface area contributed by atoms with Gasteiger partial charge in [-0.1, -0.05) is 0 Å². The van der Waals surface area contributed by atoms with Crippen LogP contribution in [-0.2, 0) is 11.3 Å². The van der Waals surface area contributed by atoms with Gasteiger partial charge in [-0.05, 0) is 32.6 Å². The Hall–Kier alpha value is -1.96. The highest BCUT2D eigenvalue weighted by molar-refractivity contribution is 5.76. The summed E-state index contributed by atoms with van der Waals surface area (Å²) in [4.78, 5) is 24.4. The van der Waals surface area contributed by atoms with Crippen molar-refractivity contribution in [3.63, 3.8) is 0 Å². The second-order valence-corrected chi connectivity index (χ2v) is 5.44. The van der Waals surface area contributed by atoms with Crippen LogP contribution in [0.2, 0.25) is 0 Å². The number of piperidine rings is 1. The number of aliphatic hydroxyl groups is 1. The lowest BCUT2D eigenvalue weighted by molar-refractivity contribution is -0.386. The Morgan fingerprint density at radius 2 is 2.05 bits per heavy atom. The minimum Gasteiger partial charge on any atom is -0.396 e. The van der Waals surface area contributed by atoms with Crippen LogP contribution in [-0.4, -0.2) is 50.3 Å². The first-order chi connectivity index (χ1) is 9.93. The largest absolute Gasteiger partial charge is 0.396 e. The smallest absolute Gasteiger partial charge is 0.312 e. The lowest BCUT2D eigenvalue weighted by Crippen LogP contribution is -2.41. The van der Waals surface area contributed by atoms with Crippen LogP contribution in [0.25, 0.3) is 0 Å². The minimum atomic E-state index is -0.467. The number of hydrogen-bond donors (Lipinski definition) is 1. The molecule has 21 heavy (non-hydrogen) atoms. The standard InChI is InChI=1S/C13H20N4O4/c1-9-13(17(20)21)10(2)16(14-9)7-12(19)15-5-3-11(8-18)4-6-15/h11,18H,3-8H2,1-2H3. The fourth-order valence-electron chi connectivity index (χ4n) is 2.70. The van der Waals surface area contributed by atoms with Crippen LogP contribution >= 0.6 is 0 Å². The summed E-state index contributed by atoms with van der Waals surface area (Å²) in [6.07, 6.45) is 1.58. The molecule has 0 saturated carbocycles. The predicted octanol–water partition coefficient (Wildman–Crippen LogP) is 0.639. The lowest BCUT2D eigenvalue weighted by Gasteiger charge is -2.31. The van der Waals surface area contributed by atoms with E-state index in [2.05, 4.69) is 5.10 Å². The van der Waals surface area contributed by atoms with Gasteiger partial charge in [0, 0.05) is 19.7 Å². The van der Waals surface area contributed by atoms with E-state index in [1.807, 2.05) is 0 Å². The maximum Gasteiger partial charge on any atom is 0.312 e. The molecule has 1 amide bonds. The maximum atomic E-state index is 12.2. The summed E-state index contributed by atoms with van der Waals surface area (Å²) in [5.74, 6) is 0.177. The quantitative estimate of drug-likeness (QED) is 0.649. The van der Waals surface area contributed by atoms with Gasteiger partial charge in [0.05, 0.1) is 4.92 Å². The van der Waals surface area contributed by atoms with Crippen molar-refractivity contribution in [3.8, 4) is 0 Å². The Kier molecular flexibility index (Phi) is 4.56. The third kappa shape index (κ3) is 3.21. The topological polar surface area (TPSA) is 102 Å². The summed E-state index contributed by atoms with van der Waals surface area (Å²) in [5.41, 5.74) is 0.696. The zero-order valence-corrected chi connectivity index (χ0v) is 12.3. The van der Waals surface area contributed by atoms with Crippen LogP contribution in [0, 0.1) is 29.9 Å². The lowest BCUT2D eigenvalue weighted by atomic mass is 9.98. The molecule has 0 atom stereocenters. The molecule has 1 aliphatic rings. The third-order valence-corrected chi connectivity index (χ3v) is 4.04. The van der Waals surface area contributed by atoms with E-state index in [1.54, 1.807) is 18.7 Å². The van der Waals surface area contributed by atoms with Gasteiger partial charge >= 0.3 is 5.69 Å². The van der Waals surface area contributed by atoms with Crippen molar-refractivity contribution in [1.29, 1.82) is 0 Å². The summed E-state index contributed by atoms with van der Waals surface area (Å²) >= 11 is 0. The normalized spacial score (nSPS) is 16.2. The second-order valence-electron chi connectivity index (χ2n) is 5.44. The van der Waals surface area contributed by atoms with Crippen LogP contribution < -0.4 is 0 Å². The first-order valence-corrected chi connectivity index (χ1v) is 7.01. The number of hydrogen-bond acceptors (Lipinski definition) is 5.